The normalized spacial score (nSPS) is 35.5. The monoisotopic (exact) mass is 266 g/mol. The maximum Gasteiger partial charge on any atom is 0.00955 e. The second-order valence-corrected chi connectivity index (χ2v) is 7.75. The van der Waals surface area contributed by atoms with Crippen molar-refractivity contribution in [2.45, 2.75) is 78.3 Å². The summed E-state index contributed by atoms with van der Waals surface area (Å²) < 4.78 is 0. The lowest BCUT2D eigenvalue weighted by molar-refractivity contribution is 0.0949. The summed E-state index contributed by atoms with van der Waals surface area (Å²) in [5, 5.41) is 0. The van der Waals surface area contributed by atoms with Gasteiger partial charge in [0.2, 0.25) is 0 Å². The number of nitrogens with two attached hydrogens (primary N) is 1. The van der Waals surface area contributed by atoms with Crippen molar-refractivity contribution >= 4 is 0 Å². The largest absolute Gasteiger partial charge is 0.328 e. The van der Waals surface area contributed by atoms with Gasteiger partial charge in [-0.3, -0.25) is 0 Å². The first-order chi connectivity index (χ1) is 8.94. The molecule has 19 heavy (non-hydrogen) atoms. The van der Waals surface area contributed by atoms with E-state index < -0.39 is 0 Å². The van der Waals surface area contributed by atoms with Gasteiger partial charge >= 0.3 is 0 Å². The fourth-order valence-electron chi connectivity index (χ4n) is 4.09. The topological polar surface area (TPSA) is 29.3 Å². The molecule has 1 aliphatic heterocycles. The number of nitrogens with zero attached hydrogens (tertiary/aromatic N) is 1. The lowest BCUT2D eigenvalue weighted by Crippen LogP contribution is -2.40. The number of hydrogen-bond donors (Lipinski definition) is 1. The molecule has 2 atom stereocenters. The second-order valence-electron chi connectivity index (χ2n) is 7.75. The van der Waals surface area contributed by atoms with Gasteiger partial charge in [-0.25, -0.2) is 0 Å². The molecule has 0 aromatic rings. The number of rotatable bonds is 4. The molecule has 2 aliphatic rings. The molecule has 1 saturated carbocycles. The fraction of sp³-hybridized carbons (Fsp3) is 1.00. The lowest BCUT2D eigenvalue weighted by atomic mass is 9.68. The Morgan fingerprint density at radius 2 is 1.79 bits per heavy atom. The van der Waals surface area contributed by atoms with Gasteiger partial charge in [0.05, 0.1) is 0 Å². The van der Waals surface area contributed by atoms with Gasteiger partial charge in [0.1, 0.15) is 0 Å². The zero-order valence-corrected chi connectivity index (χ0v) is 13.5. The van der Waals surface area contributed by atoms with Crippen LogP contribution in [0.1, 0.15) is 66.2 Å². The van der Waals surface area contributed by atoms with E-state index in [1.165, 1.54) is 51.6 Å². The summed E-state index contributed by atoms with van der Waals surface area (Å²) in [6.45, 7) is 12.0. The molecular formula is C17H34N2. The average molecular weight is 266 g/mol. The van der Waals surface area contributed by atoms with Crippen LogP contribution in [0.2, 0.25) is 0 Å². The molecule has 0 aromatic heterocycles. The van der Waals surface area contributed by atoms with Gasteiger partial charge in [0.15, 0.2) is 0 Å². The first-order valence-electron chi connectivity index (χ1n) is 8.43. The molecule has 1 heterocycles. The lowest BCUT2D eigenvalue weighted by Gasteiger charge is -2.41. The highest BCUT2D eigenvalue weighted by atomic mass is 15.2. The average Bonchev–Trinajstić information content (AvgIpc) is 2.88. The van der Waals surface area contributed by atoms with Crippen molar-refractivity contribution < 1.29 is 0 Å². The highest BCUT2D eigenvalue weighted by Gasteiger charge is 2.36. The van der Waals surface area contributed by atoms with Crippen LogP contribution in [0.15, 0.2) is 0 Å². The van der Waals surface area contributed by atoms with Crippen molar-refractivity contribution in [2.75, 3.05) is 13.1 Å². The summed E-state index contributed by atoms with van der Waals surface area (Å²) in [7, 11) is 0. The van der Waals surface area contributed by atoms with Crippen molar-refractivity contribution in [3.8, 4) is 0 Å². The van der Waals surface area contributed by atoms with E-state index in [0.717, 1.165) is 17.9 Å². The Hall–Kier alpha value is -0.0800. The summed E-state index contributed by atoms with van der Waals surface area (Å²) >= 11 is 0. The summed E-state index contributed by atoms with van der Waals surface area (Å²) in [4.78, 5) is 2.74. The van der Waals surface area contributed by atoms with E-state index in [9.17, 15) is 0 Å². The second kappa shape index (κ2) is 6.13. The molecule has 2 rings (SSSR count). The van der Waals surface area contributed by atoms with E-state index in [2.05, 4.69) is 32.6 Å². The molecule has 2 nitrogen and oxygen atoms in total. The predicted octanol–water partition coefficient (Wildman–Crippen LogP) is 3.65. The molecule has 2 N–H and O–H groups in total. The zero-order valence-electron chi connectivity index (χ0n) is 13.5. The fourth-order valence-corrected chi connectivity index (χ4v) is 4.09. The summed E-state index contributed by atoms with van der Waals surface area (Å²) in [6.07, 6.45) is 8.34. The third kappa shape index (κ3) is 3.52. The van der Waals surface area contributed by atoms with Crippen LogP contribution in [0.4, 0.5) is 0 Å². The van der Waals surface area contributed by atoms with Gasteiger partial charge in [-0.2, -0.15) is 0 Å². The van der Waals surface area contributed by atoms with E-state index in [-0.39, 0.29) is 0 Å². The molecular weight excluding hydrogens is 232 g/mol. The van der Waals surface area contributed by atoms with Gasteiger partial charge in [-0.1, -0.05) is 27.2 Å². The molecule has 112 valence electrons. The van der Waals surface area contributed by atoms with E-state index in [0.29, 0.717) is 11.5 Å². The first kappa shape index (κ1) is 15.3. The van der Waals surface area contributed by atoms with Crippen LogP contribution in [0.3, 0.4) is 0 Å². The van der Waals surface area contributed by atoms with Crippen molar-refractivity contribution in [3.05, 3.63) is 0 Å². The summed E-state index contributed by atoms with van der Waals surface area (Å²) in [5.41, 5.74) is 6.61. The SMILES string of the molecule is CCC(C)(C)C1CCC(N2CCC(C(C)N)C2)CC1. The van der Waals surface area contributed by atoms with Gasteiger partial charge in [0, 0.05) is 18.6 Å². The molecule has 2 unspecified atom stereocenters. The first-order valence-corrected chi connectivity index (χ1v) is 8.43. The molecule has 0 aromatic carbocycles. The zero-order chi connectivity index (χ0) is 14.0. The Bertz CT molecular complexity index is 277. The van der Waals surface area contributed by atoms with E-state index >= 15 is 0 Å². The Labute approximate surface area is 120 Å². The van der Waals surface area contributed by atoms with Gasteiger partial charge < -0.3 is 10.6 Å². The minimum absolute atomic E-state index is 0.375. The summed E-state index contributed by atoms with van der Waals surface area (Å²) in [5.74, 6) is 1.69. The van der Waals surface area contributed by atoms with Gasteiger partial charge in [-0.05, 0) is 62.8 Å². The molecule has 1 saturated heterocycles. The van der Waals surface area contributed by atoms with Crippen LogP contribution in [0.5, 0.6) is 0 Å². The Morgan fingerprint density at radius 1 is 1.16 bits per heavy atom. The number of hydrogen-bond acceptors (Lipinski definition) is 2. The van der Waals surface area contributed by atoms with Crippen molar-refractivity contribution in [3.63, 3.8) is 0 Å². The standard InChI is InChI=1S/C17H34N2/c1-5-17(3,4)15-6-8-16(9-7-15)19-11-10-14(12-19)13(2)18/h13-16H,5-12,18H2,1-4H3. The number of likely N-dealkylation sites (tertiary alicyclic amines) is 1. The van der Waals surface area contributed by atoms with Crippen LogP contribution < -0.4 is 5.73 Å². The van der Waals surface area contributed by atoms with E-state index in [1.54, 1.807) is 0 Å². The van der Waals surface area contributed by atoms with E-state index in [4.69, 9.17) is 5.73 Å². The molecule has 2 fully saturated rings. The predicted molar refractivity (Wildman–Crippen MR) is 83.1 cm³/mol. The minimum atomic E-state index is 0.375. The smallest absolute Gasteiger partial charge is 0.00955 e. The highest BCUT2D eigenvalue weighted by molar-refractivity contribution is 4.90. The third-order valence-electron chi connectivity index (χ3n) is 6.23. The Morgan fingerprint density at radius 3 is 2.26 bits per heavy atom. The van der Waals surface area contributed by atoms with Crippen molar-refractivity contribution in [1.29, 1.82) is 0 Å². The molecule has 0 amide bonds. The molecule has 2 heteroatoms. The van der Waals surface area contributed by atoms with Crippen LogP contribution in [0, 0.1) is 17.3 Å². The van der Waals surface area contributed by atoms with Gasteiger partial charge in [0.25, 0.3) is 0 Å². The highest BCUT2D eigenvalue weighted by Crippen LogP contribution is 2.42. The molecule has 1 aliphatic carbocycles. The van der Waals surface area contributed by atoms with Crippen LogP contribution in [-0.2, 0) is 0 Å². The van der Waals surface area contributed by atoms with Crippen molar-refractivity contribution in [2.24, 2.45) is 23.0 Å². The van der Waals surface area contributed by atoms with Crippen LogP contribution >= 0.6 is 0 Å². The molecule has 0 spiro atoms. The molecule has 0 radical (unpaired) electrons. The third-order valence-corrected chi connectivity index (χ3v) is 6.23. The van der Waals surface area contributed by atoms with Gasteiger partial charge in [-0.15, -0.1) is 0 Å². The Balaban J connectivity index is 1.81. The van der Waals surface area contributed by atoms with E-state index in [1.807, 2.05) is 0 Å². The minimum Gasteiger partial charge on any atom is -0.328 e. The molecule has 0 bridgehead atoms. The maximum absolute atomic E-state index is 6.06. The quantitative estimate of drug-likeness (QED) is 0.841. The summed E-state index contributed by atoms with van der Waals surface area (Å²) in [6, 6.07) is 1.23. The van der Waals surface area contributed by atoms with Crippen LogP contribution in [0.25, 0.3) is 0 Å². The van der Waals surface area contributed by atoms with Crippen LogP contribution in [-0.4, -0.2) is 30.1 Å². The Kier molecular flexibility index (Phi) is 4.94. The maximum atomic E-state index is 6.06. The van der Waals surface area contributed by atoms with Crippen molar-refractivity contribution in [1.82, 2.24) is 4.90 Å².